The number of aromatic nitrogens is 6. The Morgan fingerprint density at radius 2 is 0.742 bits per heavy atom. The Bertz CT molecular complexity index is 5530. The van der Waals surface area contributed by atoms with Crippen molar-refractivity contribution in [2.24, 2.45) is 0 Å². The van der Waals surface area contributed by atoms with Crippen molar-refractivity contribution < 1.29 is 9.15 Å². The van der Waals surface area contributed by atoms with Crippen molar-refractivity contribution in [2.75, 3.05) is 0 Å². The van der Waals surface area contributed by atoms with Crippen LogP contribution in [-0.4, -0.2) is 34.8 Å². The number of para-hydroxylation sites is 5. The number of allylic oxidation sites excluding steroid dienone is 2. The van der Waals surface area contributed by atoms with E-state index in [2.05, 4.69) is 287 Å². The molecule has 1 aliphatic heterocycles. The molecule has 5 aromatic heterocycles. The summed E-state index contributed by atoms with van der Waals surface area (Å²) in [5.41, 5.74) is 19.2. The van der Waals surface area contributed by atoms with E-state index >= 15 is 0 Å². The number of benzene rings is 12. The Hall–Kier alpha value is -11.9. The first kappa shape index (κ1) is 49.4. The first-order valence-corrected chi connectivity index (χ1v) is 30.3. The Balaban J connectivity index is 0.905. The third-order valence-electron chi connectivity index (χ3n) is 18.4. The number of fused-ring (bicyclic) bond motifs is 15. The van der Waals surface area contributed by atoms with Crippen LogP contribution in [0.4, 0.5) is 0 Å². The molecule has 1 aliphatic carbocycles. The van der Waals surface area contributed by atoms with E-state index in [4.69, 9.17) is 24.1 Å². The zero-order valence-corrected chi connectivity index (χ0v) is 47.9. The van der Waals surface area contributed by atoms with Crippen LogP contribution in [0.2, 0.25) is 0 Å². The Morgan fingerprint density at radius 3 is 1.30 bits per heavy atom. The van der Waals surface area contributed by atoms with Gasteiger partial charge in [0, 0.05) is 93.8 Å². The summed E-state index contributed by atoms with van der Waals surface area (Å²) in [6.07, 6.45) is 8.45. The molecule has 12 aromatic carbocycles. The molecule has 0 N–H and O–H groups in total. The fourth-order valence-corrected chi connectivity index (χ4v) is 14.4. The van der Waals surface area contributed by atoms with Crippen molar-refractivity contribution >= 4 is 87.4 Å². The zero-order valence-electron chi connectivity index (χ0n) is 47.9. The van der Waals surface area contributed by atoms with E-state index in [1.165, 1.54) is 21.5 Å². The van der Waals surface area contributed by atoms with E-state index in [-0.39, 0.29) is 12.0 Å². The van der Waals surface area contributed by atoms with Gasteiger partial charge in [-0.1, -0.05) is 200 Å². The maximum absolute atomic E-state index is 6.62. The summed E-state index contributed by atoms with van der Waals surface area (Å²) in [5, 5.41) is 9.22. The molecule has 2 aliphatic rings. The summed E-state index contributed by atoms with van der Waals surface area (Å²) in [7, 11) is 0. The summed E-state index contributed by atoms with van der Waals surface area (Å²) < 4.78 is 20.5. The lowest BCUT2D eigenvalue weighted by atomic mass is 9.91. The molecule has 416 valence electrons. The minimum atomic E-state index is -0.0633. The van der Waals surface area contributed by atoms with Crippen molar-refractivity contribution in [3.63, 3.8) is 0 Å². The summed E-state index contributed by atoms with van der Waals surface area (Å²) in [6, 6.07) is 96.0. The summed E-state index contributed by atoms with van der Waals surface area (Å²) in [4.78, 5) is 16.4. The van der Waals surface area contributed by atoms with E-state index in [1.54, 1.807) is 0 Å². The molecular weight excluding hydrogens is 1090 g/mol. The second-order valence-corrected chi connectivity index (χ2v) is 23.4. The summed E-state index contributed by atoms with van der Waals surface area (Å²) in [5.74, 6) is 2.56. The highest BCUT2D eigenvalue weighted by atomic mass is 16.5. The number of hydrogen-bond acceptors (Lipinski definition) is 5. The van der Waals surface area contributed by atoms with E-state index in [0.717, 1.165) is 133 Å². The van der Waals surface area contributed by atoms with Gasteiger partial charge in [-0.2, -0.15) is 0 Å². The molecule has 0 bridgehead atoms. The topological polar surface area (TPSA) is 75.8 Å². The molecule has 0 spiro atoms. The zero-order chi connectivity index (χ0) is 58.3. The number of ether oxygens (including phenoxy) is 1. The van der Waals surface area contributed by atoms with Crippen molar-refractivity contribution in [1.82, 2.24) is 28.7 Å². The number of furan rings is 1. The molecule has 0 amide bonds. The third kappa shape index (κ3) is 7.63. The molecular formula is C81H50N6O2. The molecule has 0 radical (unpaired) electrons. The van der Waals surface area contributed by atoms with Crippen LogP contribution in [0.3, 0.4) is 0 Å². The third-order valence-corrected chi connectivity index (χ3v) is 18.4. The molecule has 2 unspecified atom stereocenters. The summed E-state index contributed by atoms with van der Waals surface area (Å²) in [6.45, 7) is 0. The Morgan fingerprint density at radius 1 is 0.303 bits per heavy atom. The molecule has 0 fully saturated rings. The molecule has 89 heavy (non-hydrogen) atoms. The van der Waals surface area contributed by atoms with Crippen LogP contribution in [0.1, 0.15) is 11.5 Å². The predicted octanol–water partition coefficient (Wildman–Crippen LogP) is 20.4. The smallest absolute Gasteiger partial charge is 0.164 e. The van der Waals surface area contributed by atoms with Crippen LogP contribution in [-0.2, 0) is 0 Å². The fraction of sp³-hybridized carbons (Fsp3) is 0.0247. The number of rotatable bonds is 8. The molecule has 8 heteroatoms. The van der Waals surface area contributed by atoms with Gasteiger partial charge in [-0.25, -0.2) is 15.0 Å². The SMILES string of the molecule is C1=CC2Oc3cc(-c4nc(-c5cc(-c6ccccc6)c(-n6c7cc(-n8c9ccccc9c9ccccc98)ccc7c7ccc(-n8c9ccccc9c9ccccc98)cc76)c(-c6ccccc6)c5)nc(-c5ccc6c(c5)oc5ccccc56)n4)ccc3C2C=C1. The molecule has 6 heterocycles. The normalized spacial score (nSPS) is 14.5. The Kier molecular flexibility index (Phi) is 10.7. The lowest BCUT2D eigenvalue weighted by Crippen LogP contribution is -2.15. The maximum atomic E-state index is 6.62. The first-order valence-electron chi connectivity index (χ1n) is 30.3. The highest BCUT2D eigenvalue weighted by Gasteiger charge is 2.33. The Labute approximate surface area is 510 Å². The van der Waals surface area contributed by atoms with Gasteiger partial charge in [-0.05, 0) is 102 Å². The van der Waals surface area contributed by atoms with Crippen LogP contribution >= 0.6 is 0 Å². The van der Waals surface area contributed by atoms with E-state index < -0.39 is 0 Å². The monoisotopic (exact) mass is 1140 g/mol. The van der Waals surface area contributed by atoms with Gasteiger partial charge >= 0.3 is 0 Å². The highest BCUT2D eigenvalue weighted by molar-refractivity contribution is 6.15. The van der Waals surface area contributed by atoms with Crippen LogP contribution in [0.5, 0.6) is 5.75 Å². The lowest BCUT2D eigenvalue weighted by molar-refractivity contribution is 0.269. The van der Waals surface area contributed by atoms with Gasteiger partial charge in [0.25, 0.3) is 0 Å². The van der Waals surface area contributed by atoms with Crippen LogP contribution in [0, 0.1) is 0 Å². The molecule has 2 atom stereocenters. The fourth-order valence-electron chi connectivity index (χ4n) is 14.4. The van der Waals surface area contributed by atoms with Gasteiger partial charge in [0.05, 0.1) is 38.8 Å². The van der Waals surface area contributed by atoms with Crippen molar-refractivity contribution in [3.8, 4) is 79.2 Å². The van der Waals surface area contributed by atoms with Crippen molar-refractivity contribution in [3.05, 3.63) is 297 Å². The van der Waals surface area contributed by atoms with E-state index in [9.17, 15) is 0 Å². The lowest BCUT2D eigenvalue weighted by Gasteiger charge is -2.21. The minimum absolute atomic E-state index is 0.0633. The van der Waals surface area contributed by atoms with Gasteiger partial charge in [-0.3, -0.25) is 0 Å². The van der Waals surface area contributed by atoms with Crippen molar-refractivity contribution in [2.45, 2.75) is 12.0 Å². The largest absolute Gasteiger partial charge is 0.485 e. The standard InChI is InChI=1S/C81H50N6O2/c1-3-19-49(20-4-1)66-43-53(81-83-79(51-35-39-64-62-27-11-17-33-74(62)88-76(64)45-51)82-80(84-81)52-36-40-65-63-28-12-18-34-75(63)89-77(65)46-52)44-67(50-21-5-2-6-22-50)78(66)87-72-47-54(85-68-29-13-7-23-56(68)57-24-8-14-30-69(57)85)37-41-60(72)61-42-38-55(48-73(61)87)86-70-31-15-9-25-58(70)59-26-10-16-32-71(59)86/h1-48,62,74H. The van der Waals surface area contributed by atoms with Crippen LogP contribution in [0.15, 0.2) is 296 Å². The molecule has 8 nitrogen and oxygen atoms in total. The summed E-state index contributed by atoms with van der Waals surface area (Å²) >= 11 is 0. The predicted molar refractivity (Wildman–Crippen MR) is 363 cm³/mol. The van der Waals surface area contributed by atoms with Crippen LogP contribution < -0.4 is 4.74 Å². The maximum Gasteiger partial charge on any atom is 0.164 e. The van der Waals surface area contributed by atoms with Crippen LogP contribution in [0.25, 0.3) is 161 Å². The average molecular weight is 1140 g/mol. The van der Waals surface area contributed by atoms with Gasteiger partial charge in [0.1, 0.15) is 23.0 Å². The average Bonchev–Trinajstić information content (AvgIpc) is 1.70. The van der Waals surface area contributed by atoms with E-state index in [1.807, 2.05) is 18.2 Å². The van der Waals surface area contributed by atoms with Gasteiger partial charge in [0.15, 0.2) is 17.5 Å². The van der Waals surface area contributed by atoms with Gasteiger partial charge < -0.3 is 22.9 Å². The second-order valence-electron chi connectivity index (χ2n) is 23.4. The molecule has 17 aromatic rings. The molecule has 19 rings (SSSR count). The molecule has 0 saturated carbocycles. The highest BCUT2D eigenvalue weighted by Crippen LogP contribution is 2.48. The number of hydrogen-bond donors (Lipinski definition) is 0. The second kappa shape index (κ2) is 19.3. The number of nitrogens with zero attached hydrogens (tertiary/aromatic N) is 6. The van der Waals surface area contributed by atoms with Gasteiger partial charge in [0.2, 0.25) is 0 Å². The van der Waals surface area contributed by atoms with Crippen molar-refractivity contribution in [1.29, 1.82) is 0 Å². The minimum Gasteiger partial charge on any atom is -0.485 e. The van der Waals surface area contributed by atoms with Gasteiger partial charge in [-0.15, -0.1) is 0 Å². The van der Waals surface area contributed by atoms with E-state index in [0.29, 0.717) is 17.5 Å². The quantitative estimate of drug-likeness (QED) is 0.152. The first-order chi connectivity index (χ1) is 44.1. The molecule has 0 saturated heterocycles.